The lowest BCUT2D eigenvalue weighted by atomic mass is 9.94. The van der Waals surface area contributed by atoms with E-state index in [-0.39, 0.29) is 42.7 Å². The minimum atomic E-state index is -1.19. The quantitative estimate of drug-likeness (QED) is 0.587. The van der Waals surface area contributed by atoms with E-state index in [1.165, 1.54) is 23.4 Å². The number of rotatable bonds is 6. The number of nitrogens with one attached hydrogen (secondary N) is 2. The Morgan fingerprint density at radius 1 is 1.12 bits per heavy atom. The van der Waals surface area contributed by atoms with Crippen molar-refractivity contribution in [3.8, 4) is 0 Å². The number of aryl methyl sites for hydroxylation is 1. The summed E-state index contributed by atoms with van der Waals surface area (Å²) in [4.78, 5) is 45.2. The van der Waals surface area contributed by atoms with Crippen molar-refractivity contribution in [2.75, 3.05) is 11.9 Å². The van der Waals surface area contributed by atoms with Crippen LogP contribution in [0, 0.1) is 12.7 Å². The van der Waals surface area contributed by atoms with Gasteiger partial charge in [0.25, 0.3) is 11.8 Å². The molecule has 3 amide bonds. The fourth-order valence-corrected chi connectivity index (χ4v) is 4.15. The zero-order valence-corrected chi connectivity index (χ0v) is 19.3. The molecule has 0 fully saturated rings. The van der Waals surface area contributed by atoms with E-state index in [4.69, 9.17) is 0 Å². The van der Waals surface area contributed by atoms with E-state index >= 15 is 0 Å². The summed E-state index contributed by atoms with van der Waals surface area (Å²) in [5.41, 5.74) is 1.36. The molecule has 0 radical (unpaired) electrons. The Bertz CT molecular complexity index is 1240. The number of nitrogens with zero attached hydrogens (tertiary/aromatic N) is 3. The SMILES string of the molecule is CCN1C(=O)c2c(C(=O)Nc3ccc(C)cc3)ncn2C[C@]1(C)C(=O)NCc1ccc(F)cc1. The topological polar surface area (TPSA) is 96.3 Å². The van der Waals surface area contributed by atoms with E-state index in [2.05, 4.69) is 15.6 Å². The molecule has 2 N–H and O–H groups in total. The van der Waals surface area contributed by atoms with Crippen LogP contribution in [0.2, 0.25) is 0 Å². The van der Waals surface area contributed by atoms with Crippen molar-refractivity contribution in [1.82, 2.24) is 19.8 Å². The molecule has 1 aliphatic heterocycles. The van der Waals surface area contributed by atoms with E-state index in [1.54, 1.807) is 42.7 Å². The molecule has 3 aromatic rings. The third-order valence-electron chi connectivity index (χ3n) is 6.06. The number of anilines is 1. The first-order chi connectivity index (χ1) is 16.2. The van der Waals surface area contributed by atoms with Crippen LogP contribution < -0.4 is 10.6 Å². The molecule has 2 aromatic carbocycles. The standard InChI is InChI=1S/C25H26FN5O3/c1-4-31-23(33)21-20(22(32)29-19-11-5-16(2)6-12-19)28-15-30(21)14-25(31,3)24(34)27-13-17-7-9-18(26)10-8-17/h5-12,15H,4,13-14H2,1-3H3,(H,27,34)(H,29,32)/t25-/m1/s1. The average molecular weight is 464 g/mol. The van der Waals surface area contributed by atoms with Crippen LogP contribution in [-0.4, -0.2) is 44.3 Å². The Morgan fingerprint density at radius 3 is 2.44 bits per heavy atom. The van der Waals surface area contributed by atoms with Gasteiger partial charge in [-0.1, -0.05) is 29.8 Å². The number of fused-ring (bicyclic) bond motifs is 1. The van der Waals surface area contributed by atoms with E-state index in [9.17, 15) is 18.8 Å². The highest BCUT2D eigenvalue weighted by Crippen LogP contribution is 2.29. The minimum Gasteiger partial charge on any atom is -0.350 e. The number of hydrogen-bond acceptors (Lipinski definition) is 4. The monoisotopic (exact) mass is 463 g/mol. The molecule has 34 heavy (non-hydrogen) atoms. The lowest BCUT2D eigenvalue weighted by molar-refractivity contribution is -0.132. The lowest BCUT2D eigenvalue weighted by Crippen LogP contribution is -2.63. The molecule has 8 nitrogen and oxygen atoms in total. The molecule has 4 rings (SSSR count). The van der Waals surface area contributed by atoms with E-state index in [0.717, 1.165) is 11.1 Å². The summed E-state index contributed by atoms with van der Waals surface area (Å²) in [7, 11) is 0. The number of carbonyl (C=O) groups excluding carboxylic acids is 3. The Labute approximate surface area is 196 Å². The summed E-state index contributed by atoms with van der Waals surface area (Å²) in [6, 6.07) is 13.1. The molecule has 2 heterocycles. The number of hydrogen-bond donors (Lipinski definition) is 2. The van der Waals surface area contributed by atoms with Crippen LogP contribution in [0.1, 0.15) is 46.0 Å². The molecule has 0 aliphatic carbocycles. The maximum absolute atomic E-state index is 13.4. The van der Waals surface area contributed by atoms with Gasteiger partial charge in [0.2, 0.25) is 5.91 Å². The second kappa shape index (κ2) is 9.09. The molecule has 1 aromatic heterocycles. The molecule has 0 spiro atoms. The van der Waals surface area contributed by atoms with Crippen molar-refractivity contribution < 1.29 is 18.8 Å². The smallest absolute Gasteiger partial charge is 0.276 e. The number of carbonyl (C=O) groups is 3. The van der Waals surface area contributed by atoms with Gasteiger partial charge < -0.3 is 20.1 Å². The van der Waals surface area contributed by atoms with E-state index in [0.29, 0.717) is 5.69 Å². The molecule has 0 unspecified atom stereocenters. The van der Waals surface area contributed by atoms with Crippen molar-refractivity contribution in [3.05, 3.63) is 83.2 Å². The van der Waals surface area contributed by atoms with Crippen LogP contribution in [-0.2, 0) is 17.9 Å². The molecule has 1 atom stereocenters. The molecular formula is C25H26FN5O3. The first-order valence-corrected chi connectivity index (χ1v) is 11.0. The Morgan fingerprint density at radius 2 is 1.79 bits per heavy atom. The zero-order chi connectivity index (χ0) is 24.5. The summed E-state index contributed by atoms with van der Waals surface area (Å²) in [5, 5.41) is 5.61. The summed E-state index contributed by atoms with van der Waals surface area (Å²) in [6.45, 7) is 6.01. The number of aromatic nitrogens is 2. The van der Waals surface area contributed by atoms with Crippen LogP contribution in [0.3, 0.4) is 0 Å². The van der Waals surface area contributed by atoms with E-state index in [1.807, 2.05) is 19.1 Å². The number of halogens is 1. The maximum atomic E-state index is 13.4. The fourth-order valence-electron chi connectivity index (χ4n) is 4.15. The number of likely N-dealkylation sites (N-methyl/N-ethyl adjacent to an activating group) is 1. The molecule has 0 saturated carbocycles. The van der Waals surface area contributed by atoms with Gasteiger partial charge in [-0.05, 0) is 50.6 Å². The zero-order valence-electron chi connectivity index (χ0n) is 19.3. The Kier molecular flexibility index (Phi) is 6.19. The minimum absolute atomic E-state index is 0.0118. The highest BCUT2D eigenvalue weighted by molar-refractivity contribution is 6.11. The van der Waals surface area contributed by atoms with Crippen LogP contribution in [0.5, 0.6) is 0 Å². The highest BCUT2D eigenvalue weighted by Gasteiger charge is 2.48. The van der Waals surface area contributed by atoms with Gasteiger partial charge in [-0.15, -0.1) is 0 Å². The van der Waals surface area contributed by atoms with Gasteiger partial charge in [0.15, 0.2) is 5.69 Å². The highest BCUT2D eigenvalue weighted by atomic mass is 19.1. The normalized spacial score (nSPS) is 17.3. The number of amides is 3. The Hall–Kier alpha value is -4.01. The second-order valence-electron chi connectivity index (χ2n) is 8.52. The molecular weight excluding hydrogens is 437 g/mol. The lowest BCUT2D eigenvalue weighted by Gasteiger charge is -2.43. The summed E-state index contributed by atoms with van der Waals surface area (Å²) in [6.07, 6.45) is 1.41. The molecule has 0 saturated heterocycles. The third-order valence-corrected chi connectivity index (χ3v) is 6.06. The van der Waals surface area contributed by atoms with Crippen LogP contribution in [0.15, 0.2) is 54.9 Å². The molecule has 176 valence electrons. The van der Waals surface area contributed by atoms with Crippen LogP contribution in [0.4, 0.5) is 10.1 Å². The summed E-state index contributed by atoms with van der Waals surface area (Å²) < 4.78 is 14.7. The van der Waals surface area contributed by atoms with Crippen molar-refractivity contribution in [1.29, 1.82) is 0 Å². The summed E-state index contributed by atoms with van der Waals surface area (Å²) in [5.74, 6) is -1.64. The van der Waals surface area contributed by atoms with Crippen LogP contribution in [0.25, 0.3) is 0 Å². The molecule has 9 heteroatoms. The van der Waals surface area contributed by atoms with Crippen LogP contribution >= 0.6 is 0 Å². The third kappa shape index (κ3) is 4.28. The van der Waals surface area contributed by atoms with Crippen molar-refractivity contribution in [2.24, 2.45) is 0 Å². The van der Waals surface area contributed by atoms with Gasteiger partial charge in [-0.2, -0.15) is 0 Å². The van der Waals surface area contributed by atoms with Crippen molar-refractivity contribution in [3.63, 3.8) is 0 Å². The maximum Gasteiger partial charge on any atom is 0.276 e. The second-order valence-corrected chi connectivity index (χ2v) is 8.52. The predicted octanol–water partition coefficient (Wildman–Crippen LogP) is 3.13. The largest absolute Gasteiger partial charge is 0.350 e. The average Bonchev–Trinajstić information content (AvgIpc) is 3.24. The van der Waals surface area contributed by atoms with Gasteiger partial charge in [0.1, 0.15) is 17.1 Å². The molecule has 1 aliphatic rings. The van der Waals surface area contributed by atoms with E-state index < -0.39 is 17.4 Å². The Balaban J connectivity index is 1.55. The van der Waals surface area contributed by atoms with Gasteiger partial charge in [-0.25, -0.2) is 9.37 Å². The van der Waals surface area contributed by atoms with Gasteiger partial charge in [-0.3, -0.25) is 14.4 Å². The molecule has 0 bridgehead atoms. The number of benzene rings is 2. The van der Waals surface area contributed by atoms with Crippen molar-refractivity contribution >= 4 is 23.4 Å². The first-order valence-electron chi connectivity index (χ1n) is 11.0. The van der Waals surface area contributed by atoms with Gasteiger partial charge >= 0.3 is 0 Å². The van der Waals surface area contributed by atoms with Crippen molar-refractivity contribution in [2.45, 2.75) is 39.4 Å². The summed E-state index contributed by atoms with van der Waals surface area (Å²) >= 11 is 0. The van der Waals surface area contributed by atoms with Gasteiger partial charge in [0.05, 0.1) is 12.9 Å². The first kappa shape index (κ1) is 23.2. The fraction of sp³-hybridized carbons (Fsp3) is 0.280. The van der Waals surface area contributed by atoms with Gasteiger partial charge in [0, 0.05) is 18.8 Å². The predicted molar refractivity (Wildman–Crippen MR) is 125 cm³/mol. The number of imidazole rings is 1.